The zero-order chi connectivity index (χ0) is 33.3. The molecular formula is C41H29N5O2Pt2+2. The van der Waals surface area contributed by atoms with Crippen LogP contribution in [-0.2, 0) is 42.1 Å². The molecule has 1 aliphatic heterocycles. The average Bonchev–Trinajstić information content (AvgIpc) is 3.81. The van der Waals surface area contributed by atoms with E-state index in [4.69, 9.17) is 15.9 Å². The number of ether oxygens (including phenoxy) is 2. The summed E-state index contributed by atoms with van der Waals surface area (Å²) in [5, 5.41) is 0. The normalized spacial score (nSPS) is 11.0. The van der Waals surface area contributed by atoms with Crippen LogP contribution in [-0.4, -0.2) is 45.9 Å². The van der Waals surface area contributed by atoms with Crippen molar-refractivity contribution in [1.82, 2.24) is 9.55 Å². The zero-order valence-corrected chi connectivity index (χ0v) is 31.8. The second-order valence-electron chi connectivity index (χ2n) is 10.7. The first-order chi connectivity index (χ1) is 23.4. The standard InChI is InChI=1S/C35H25N4O2.C6H4N.2Pt/c1-37(2)30-19-28(21-34(24-30)41-33-14-8-10-29(23-33)39-18-17-38(3)25-39)35-22-27(15-16-36-35)26-9-7-13-32(20-26)40-31-11-5-4-6-12-31;1-2-7-5-3-4-6-7;;/h4-11,13-14,16-19,22,24H,1-3H3;3-6H;;/q-3;-1;+2;+4. The first-order valence-electron chi connectivity index (χ1n) is 15.0. The summed E-state index contributed by atoms with van der Waals surface area (Å²) in [6.45, 7) is 0. The molecule has 0 atom stereocenters. The Labute approximate surface area is 322 Å². The van der Waals surface area contributed by atoms with Gasteiger partial charge in [-0.2, -0.15) is 36.4 Å². The molecule has 0 saturated heterocycles. The fourth-order valence-corrected chi connectivity index (χ4v) is 4.59. The summed E-state index contributed by atoms with van der Waals surface area (Å²) in [4.78, 5) is 6.62. The van der Waals surface area contributed by atoms with Gasteiger partial charge in [-0.25, -0.2) is 24.2 Å². The number of benzene rings is 4. The minimum absolute atomic E-state index is 0. The maximum absolute atomic E-state index is 6.57. The predicted molar refractivity (Wildman–Crippen MR) is 184 cm³/mol. The van der Waals surface area contributed by atoms with Crippen LogP contribution in [0.15, 0.2) is 122 Å². The van der Waals surface area contributed by atoms with E-state index in [1.165, 1.54) is 0 Å². The van der Waals surface area contributed by atoms with E-state index in [2.05, 4.69) is 47.4 Å². The van der Waals surface area contributed by atoms with E-state index in [1.54, 1.807) is 23.2 Å². The molecule has 0 bridgehead atoms. The smallest absolute Gasteiger partial charge is 0.669 e. The minimum Gasteiger partial charge on any atom is -0.669 e. The zero-order valence-electron chi connectivity index (χ0n) is 27.2. The predicted octanol–water partition coefficient (Wildman–Crippen LogP) is 7.89. The van der Waals surface area contributed by atoms with E-state index in [-0.39, 0.29) is 42.1 Å². The molecule has 0 unspecified atom stereocenters. The fraction of sp³-hybridized carbons (Fsp3) is 0.0732. The molecule has 0 N–H and O–H groups in total. The van der Waals surface area contributed by atoms with Crippen molar-refractivity contribution in [3.8, 4) is 51.4 Å². The van der Waals surface area contributed by atoms with E-state index >= 15 is 0 Å². The van der Waals surface area contributed by atoms with Crippen LogP contribution in [0.25, 0.3) is 22.4 Å². The quantitative estimate of drug-likeness (QED) is 0.0886. The van der Waals surface area contributed by atoms with Gasteiger partial charge in [-0.15, -0.1) is 35.9 Å². The Morgan fingerprint density at radius 2 is 1.50 bits per heavy atom. The number of hydrogen-bond acceptors (Lipinski definition) is 4. The van der Waals surface area contributed by atoms with Crippen molar-refractivity contribution < 1.29 is 60.8 Å². The van der Waals surface area contributed by atoms with Crippen molar-refractivity contribution in [3.05, 3.63) is 159 Å². The SMILES string of the molecule is CN(C)c1cc(Oc2[c-]c([N+]3=C=[N+](C)C=C3)ccc2)[c-]c(-c2cc(-c3[c-]c(Oc4[c-]cccc4)ccc3)[c-]cn2)c1.[C-]#Cn1cccc1.[Pt+2].[Pt+4]. The van der Waals surface area contributed by atoms with Crippen LogP contribution in [0.1, 0.15) is 0 Å². The molecule has 50 heavy (non-hydrogen) atoms. The largest absolute Gasteiger partial charge is 4.00 e. The van der Waals surface area contributed by atoms with Crippen molar-refractivity contribution in [3.63, 3.8) is 0 Å². The Morgan fingerprint density at radius 1 is 0.780 bits per heavy atom. The van der Waals surface area contributed by atoms with Gasteiger partial charge in [-0.3, -0.25) is 11.1 Å². The van der Waals surface area contributed by atoms with E-state index in [9.17, 15) is 0 Å². The molecule has 9 heteroatoms. The van der Waals surface area contributed by atoms with Crippen LogP contribution in [0.5, 0.6) is 23.0 Å². The molecule has 0 saturated carbocycles. The van der Waals surface area contributed by atoms with Crippen molar-refractivity contribution in [2.75, 3.05) is 26.0 Å². The number of rotatable bonds is 8. The second-order valence-corrected chi connectivity index (χ2v) is 10.7. The van der Waals surface area contributed by atoms with Crippen LogP contribution in [0.3, 0.4) is 0 Å². The van der Waals surface area contributed by atoms with Gasteiger partial charge in [-0.1, -0.05) is 45.3 Å². The van der Waals surface area contributed by atoms with Gasteiger partial charge in [0.05, 0.1) is 0 Å². The monoisotopic (exact) mass is 1010 g/mol. The van der Waals surface area contributed by atoms with E-state index in [0.717, 1.165) is 33.8 Å². The fourth-order valence-electron chi connectivity index (χ4n) is 4.59. The first-order valence-corrected chi connectivity index (χ1v) is 15.0. The van der Waals surface area contributed by atoms with Crippen molar-refractivity contribution in [2.24, 2.45) is 0 Å². The average molecular weight is 1010 g/mol. The number of para-hydroxylation sites is 1. The Balaban J connectivity index is 0.000000559. The molecular weight excluding hydrogens is 985 g/mol. The van der Waals surface area contributed by atoms with Crippen LogP contribution in [0.2, 0.25) is 0 Å². The molecule has 1 aliphatic rings. The molecule has 3 heterocycles. The van der Waals surface area contributed by atoms with Crippen LogP contribution < -0.4 is 14.4 Å². The van der Waals surface area contributed by atoms with Crippen molar-refractivity contribution in [2.45, 2.75) is 0 Å². The Morgan fingerprint density at radius 3 is 2.18 bits per heavy atom. The molecule has 0 aliphatic carbocycles. The van der Waals surface area contributed by atoms with Gasteiger partial charge in [0, 0.05) is 49.5 Å². The molecule has 4 aromatic carbocycles. The van der Waals surface area contributed by atoms with Gasteiger partial charge in [0.1, 0.15) is 5.69 Å². The van der Waals surface area contributed by atoms with Crippen LogP contribution in [0, 0.1) is 42.8 Å². The maximum atomic E-state index is 6.57. The summed E-state index contributed by atoms with van der Waals surface area (Å²) in [6, 6.07) is 50.3. The van der Waals surface area contributed by atoms with Crippen molar-refractivity contribution >= 4 is 17.4 Å². The van der Waals surface area contributed by atoms with Gasteiger partial charge < -0.3 is 30.3 Å². The first kappa shape index (κ1) is 37.6. The van der Waals surface area contributed by atoms with Crippen molar-refractivity contribution in [1.29, 1.82) is 0 Å². The Bertz CT molecular complexity index is 2180. The third-order valence-corrected chi connectivity index (χ3v) is 6.96. The third kappa shape index (κ3) is 9.91. The molecule has 0 amide bonds. The molecule has 248 valence electrons. The van der Waals surface area contributed by atoms with Gasteiger partial charge in [0.25, 0.3) is 6.20 Å². The summed E-state index contributed by atoms with van der Waals surface area (Å²) in [5.41, 5.74) is 4.97. The molecule has 0 fully saturated rings. The maximum Gasteiger partial charge on any atom is 4.00 e. The number of nitrogens with zero attached hydrogens (tertiary/aromatic N) is 5. The van der Waals surface area contributed by atoms with E-state index < -0.39 is 0 Å². The van der Waals surface area contributed by atoms with Gasteiger partial charge >= 0.3 is 48.1 Å². The molecule has 0 spiro atoms. The summed E-state index contributed by atoms with van der Waals surface area (Å²) < 4.78 is 17.4. The van der Waals surface area contributed by atoms with Crippen LogP contribution >= 0.6 is 0 Å². The Hall–Kier alpha value is -5.23. The van der Waals surface area contributed by atoms with Gasteiger partial charge in [0.2, 0.25) is 6.20 Å². The minimum atomic E-state index is 0. The van der Waals surface area contributed by atoms with Gasteiger partial charge in [-0.05, 0) is 17.8 Å². The van der Waals surface area contributed by atoms with E-state index in [1.807, 2.05) is 139 Å². The summed E-state index contributed by atoms with van der Waals surface area (Å²) in [5.74, 6) is 2.35. The number of anilines is 1. The van der Waals surface area contributed by atoms with Crippen LogP contribution in [0.4, 0.5) is 11.4 Å². The molecule has 6 aromatic rings. The Kier molecular flexibility index (Phi) is 13.5. The van der Waals surface area contributed by atoms with E-state index in [0.29, 0.717) is 23.0 Å². The van der Waals surface area contributed by atoms with Gasteiger partial charge in [0.15, 0.2) is 7.05 Å². The summed E-state index contributed by atoms with van der Waals surface area (Å²) in [6.07, 6.45) is 15.6. The third-order valence-electron chi connectivity index (χ3n) is 6.96. The second kappa shape index (κ2) is 18.0. The summed E-state index contributed by atoms with van der Waals surface area (Å²) in [7, 11) is 5.90. The molecule has 7 nitrogen and oxygen atoms in total. The molecule has 0 radical (unpaired) electrons. The molecule has 2 aromatic heterocycles. The summed E-state index contributed by atoms with van der Waals surface area (Å²) >= 11 is 0. The molecule has 7 rings (SSSR count). The number of hydrogen-bond donors (Lipinski definition) is 0. The number of aromatic nitrogens is 2. The number of pyridine rings is 1. The topological polar surface area (TPSA) is 45.5 Å².